The van der Waals surface area contributed by atoms with Gasteiger partial charge in [-0.3, -0.25) is 4.79 Å². The van der Waals surface area contributed by atoms with Crippen LogP contribution in [0.25, 0.3) is 0 Å². The van der Waals surface area contributed by atoms with Gasteiger partial charge in [0.25, 0.3) is 5.91 Å². The molecule has 7 nitrogen and oxygen atoms in total. The molecule has 3 rings (SSSR count). The molecule has 166 valence electrons. The highest BCUT2D eigenvalue weighted by molar-refractivity contribution is 6.01. The third kappa shape index (κ3) is 5.78. The molecule has 0 heterocycles. The van der Waals surface area contributed by atoms with E-state index in [0.29, 0.717) is 23.9 Å². The number of hydrogen-bond acceptors (Lipinski definition) is 5. The number of carboxylic acid groups (broad SMARTS) is 1. The number of nitrogens with one attached hydrogen (secondary N) is 1. The van der Waals surface area contributed by atoms with Gasteiger partial charge in [0.05, 0.1) is 14.2 Å². The largest absolute Gasteiger partial charge is 0.496 e. The van der Waals surface area contributed by atoms with Gasteiger partial charge >= 0.3 is 5.97 Å². The van der Waals surface area contributed by atoms with Crippen LogP contribution in [0.4, 0.5) is 0 Å². The Hall–Kier alpha value is -4.00. The molecule has 0 saturated heterocycles. The minimum absolute atomic E-state index is 0.109. The lowest BCUT2D eigenvalue weighted by atomic mass is 10.0. The molecule has 0 aliphatic carbocycles. The number of aliphatic carboxylic acids is 1. The third-order valence-corrected chi connectivity index (χ3v) is 4.87. The van der Waals surface area contributed by atoms with Crippen LogP contribution in [-0.4, -0.2) is 37.2 Å². The maximum atomic E-state index is 12.8. The number of rotatable bonds is 10. The lowest BCUT2D eigenvalue weighted by Gasteiger charge is -2.17. The molecule has 3 aromatic rings. The van der Waals surface area contributed by atoms with E-state index in [0.717, 1.165) is 11.1 Å². The SMILES string of the molecule is COc1cccc(OC)c1C(=O)N[C@@H](Cc1ccc(OCc2ccccc2)cc1)C(=O)O. The van der Waals surface area contributed by atoms with Crippen molar-refractivity contribution in [3.8, 4) is 17.2 Å². The third-order valence-electron chi connectivity index (χ3n) is 4.87. The lowest BCUT2D eigenvalue weighted by molar-refractivity contribution is -0.139. The maximum absolute atomic E-state index is 12.8. The van der Waals surface area contributed by atoms with E-state index in [2.05, 4.69) is 5.32 Å². The summed E-state index contributed by atoms with van der Waals surface area (Å²) in [6, 6.07) is 20.7. The number of benzene rings is 3. The fraction of sp³-hybridized carbons (Fsp3) is 0.200. The van der Waals surface area contributed by atoms with Gasteiger partial charge in [0, 0.05) is 6.42 Å². The van der Waals surface area contributed by atoms with Crippen LogP contribution < -0.4 is 19.5 Å². The average Bonchev–Trinajstić information content (AvgIpc) is 2.83. The minimum Gasteiger partial charge on any atom is -0.496 e. The van der Waals surface area contributed by atoms with E-state index in [9.17, 15) is 14.7 Å². The van der Waals surface area contributed by atoms with Gasteiger partial charge in [0.15, 0.2) is 0 Å². The summed E-state index contributed by atoms with van der Waals surface area (Å²) in [4.78, 5) is 24.6. The van der Waals surface area contributed by atoms with Gasteiger partial charge in [0.1, 0.15) is 35.5 Å². The van der Waals surface area contributed by atoms with Crippen molar-refractivity contribution in [3.05, 3.63) is 89.5 Å². The molecule has 0 spiro atoms. The molecule has 1 atom stereocenters. The number of methoxy groups -OCH3 is 2. The van der Waals surface area contributed by atoms with Gasteiger partial charge in [-0.05, 0) is 35.4 Å². The summed E-state index contributed by atoms with van der Waals surface area (Å²) in [5.41, 5.74) is 1.95. The number of ether oxygens (including phenoxy) is 3. The van der Waals surface area contributed by atoms with E-state index < -0.39 is 17.9 Å². The summed E-state index contributed by atoms with van der Waals surface area (Å²) < 4.78 is 16.2. The van der Waals surface area contributed by atoms with Crippen molar-refractivity contribution >= 4 is 11.9 Å². The molecule has 0 unspecified atom stereocenters. The Morgan fingerprint density at radius 2 is 1.47 bits per heavy atom. The average molecular weight is 435 g/mol. The number of carbonyl (C=O) groups is 2. The summed E-state index contributed by atoms with van der Waals surface area (Å²) in [6.07, 6.45) is 0.109. The van der Waals surface area contributed by atoms with Gasteiger partial charge in [-0.2, -0.15) is 0 Å². The van der Waals surface area contributed by atoms with Crippen LogP contribution in [0.5, 0.6) is 17.2 Å². The molecule has 1 amide bonds. The molecule has 0 aliphatic rings. The smallest absolute Gasteiger partial charge is 0.326 e. The van der Waals surface area contributed by atoms with Crippen molar-refractivity contribution in [3.63, 3.8) is 0 Å². The van der Waals surface area contributed by atoms with E-state index in [1.807, 2.05) is 30.3 Å². The summed E-state index contributed by atoms with van der Waals surface area (Å²) in [5.74, 6) is -0.463. The molecule has 0 aliphatic heterocycles. The molecule has 0 saturated carbocycles. The first-order valence-electron chi connectivity index (χ1n) is 10.0. The summed E-state index contributed by atoms with van der Waals surface area (Å²) >= 11 is 0. The standard InChI is InChI=1S/C25H25NO6/c1-30-21-9-6-10-22(31-2)23(21)24(27)26-20(25(28)29)15-17-11-13-19(14-12-17)32-16-18-7-4-3-5-8-18/h3-14,20H,15-16H2,1-2H3,(H,26,27)(H,28,29)/t20-/m0/s1. The topological polar surface area (TPSA) is 94.1 Å². The first-order chi connectivity index (χ1) is 15.5. The van der Waals surface area contributed by atoms with Gasteiger partial charge in [-0.1, -0.05) is 48.5 Å². The maximum Gasteiger partial charge on any atom is 0.326 e. The zero-order chi connectivity index (χ0) is 22.9. The molecular formula is C25H25NO6. The Morgan fingerprint density at radius 3 is 2.03 bits per heavy atom. The highest BCUT2D eigenvalue weighted by Crippen LogP contribution is 2.28. The van der Waals surface area contributed by atoms with Crippen LogP contribution in [-0.2, 0) is 17.8 Å². The van der Waals surface area contributed by atoms with E-state index in [4.69, 9.17) is 14.2 Å². The summed E-state index contributed by atoms with van der Waals surface area (Å²) in [7, 11) is 2.86. The van der Waals surface area contributed by atoms with Crippen LogP contribution in [0.1, 0.15) is 21.5 Å². The Morgan fingerprint density at radius 1 is 0.844 bits per heavy atom. The fourth-order valence-electron chi connectivity index (χ4n) is 3.20. The molecule has 32 heavy (non-hydrogen) atoms. The zero-order valence-electron chi connectivity index (χ0n) is 17.9. The van der Waals surface area contributed by atoms with Crippen LogP contribution in [0.3, 0.4) is 0 Å². The summed E-state index contributed by atoms with van der Waals surface area (Å²) in [6.45, 7) is 0.439. The Bertz CT molecular complexity index is 1030. The molecule has 0 radical (unpaired) electrons. The van der Waals surface area contributed by atoms with E-state index in [-0.39, 0.29) is 12.0 Å². The highest BCUT2D eigenvalue weighted by Gasteiger charge is 2.25. The Kier molecular flexibility index (Phi) is 7.70. The van der Waals surface area contributed by atoms with Crippen molar-refractivity contribution in [1.82, 2.24) is 5.32 Å². The van der Waals surface area contributed by atoms with Gasteiger partial charge in [0.2, 0.25) is 0 Å². The number of amides is 1. The number of hydrogen-bond donors (Lipinski definition) is 2. The fourth-order valence-corrected chi connectivity index (χ4v) is 3.20. The van der Waals surface area contributed by atoms with Crippen molar-refractivity contribution < 1.29 is 28.9 Å². The van der Waals surface area contributed by atoms with Gasteiger partial charge in [-0.15, -0.1) is 0 Å². The predicted octanol–water partition coefficient (Wildman–Crippen LogP) is 3.71. The Labute approximate surface area is 186 Å². The molecule has 7 heteroatoms. The van der Waals surface area contributed by atoms with Gasteiger partial charge < -0.3 is 24.6 Å². The molecule has 3 aromatic carbocycles. The molecule has 0 bridgehead atoms. The second kappa shape index (κ2) is 10.9. The van der Waals surface area contributed by atoms with E-state index in [1.165, 1.54) is 14.2 Å². The highest BCUT2D eigenvalue weighted by atomic mass is 16.5. The van der Waals surface area contributed by atoms with Crippen molar-refractivity contribution in [1.29, 1.82) is 0 Å². The minimum atomic E-state index is -1.14. The molecule has 2 N–H and O–H groups in total. The van der Waals surface area contributed by atoms with Crippen LogP contribution >= 0.6 is 0 Å². The number of carboxylic acids is 1. The molecule has 0 fully saturated rings. The monoisotopic (exact) mass is 435 g/mol. The normalized spacial score (nSPS) is 11.3. The van der Waals surface area contributed by atoms with Crippen molar-refractivity contribution in [2.45, 2.75) is 19.1 Å². The number of carbonyl (C=O) groups excluding carboxylic acids is 1. The predicted molar refractivity (Wildman–Crippen MR) is 119 cm³/mol. The van der Waals surface area contributed by atoms with E-state index in [1.54, 1.807) is 42.5 Å². The van der Waals surface area contributed by atoms with Crippen molar-refractivity contribution in [2.24, 2.45) is 0 Å². The Balaban J connectivity index is 1.67. The van der Waals surface area contributed by atoms with Gasteiger partial charge in [-0.25, -0.2) is 4.79 Å². The second-order valence-electron chi connectivity index (χ2n) is 7.02. The van der Waals surface area contributed by atoms with Crippen LogP contribution in [0.2, 0.25) is 0 Å². The molecular weight excluding hydrogens is 410 g/mol. The first kappa shape index (κ1) is 22.7. The summed E-state index contributed by atoms with van der Waals surface area (Å²) in [5, 5.41) is 12.2. The van der Waals surface area contributed by atoms with Crippen LogP contribution in [0, 0.1) is 0 Å². The van der Waals surface area contributed by atoms with Crippen molar-refractivity contribution in [2.75, 3.05) is 14.2 Å². The second-order valence-corrected chi connectivity index (χ2v) is 7.02. The lowest BCUT2D eigenvalue weighted by Crippen LogP contribution is -2.42. The first-order valence-corrected chi connectivity index (χ1v) is 10.0. The van der Waals surface area contributed by atoms with E-state index >= 15 is 0 Å². The molecule has 0 aromatic heterocycles. The van der Waals surface area contributed by atoms with Crippen LogP contribution in [0.15, 0.2) is 72.8 Å². The quantitative estimate of drug-likeness (QED) is 0.504. The zero-order valence-corrected chi connectivity index (χ0v) is 17.9.